The Bertz CT molecular complexity index is 1610. The van der Waals surface area contributed by atoms with Crippen molar-refractivity contribution in [3.8, 4) is 5.75 Å². The molecule has 0 radical (unpaired) electrons. The van der Waals surface area contributed by atoms with Crippen molar-refractivity contribution in [3.05, 3.63) is 101 Å². The normalized spacial score (nSPS) is 23.5. The van der Waals surface area contributed by atoms with Crippen molar-refractivity contribution in [1.29, 1.82) is 0 Å². The van der Waals surface area contributed by atoms with E-state index in [-0.39, 0.29) is 29.9 Å². The Labute approximate surface area is 271 Å². The molecule has 3 aliphatic rings. The lowest BCUT2D eigenvalue weighted by Crippen LogP contribution is -2.66. The Morgan fingerprint density at radius 3 is 2.17 bits per heavy atom. The number of benzene rings is 3. The van der Waals surface area contributed by atoms with E-state index in [2.05, 4.69) is 45.0 Å². The fraction of sp³-hybridized carbons (Fsp3) is 0.389. The molecular weight excluding hydrogens is 600 g/mol. The molecule has 46 heavy (non-hydrogen) atoms. The minimum atomic E-state index is -2.96. The van der Waals surface area contributed by atoms with Crippen LogP contribution in [0, 0.1) is 23.6 Å². The van der Waals surface area contributed by atoms with Gasteiger partial charge in [0.25, 0.3) is 8.32 Å². The number of hydrogen-bond donors (Lipinski definition) is 2. The number of amides is 2. The first-order valence-corrected chi connectivity index (χ1v) is 18.0. The molecule has 10 heteroatoms. The molecule has 0 spiro atoms. The second-order valence-corrected chi connectivity index (χ2v) is 18.0. The zero-order chi connectivity index (χ0) is 32.8. The van der Waals surface area contributed by atoms with Gasteiger partial charge < -0.3 is 19.2 Å². The highest BCUT2D eigenvalue weighted by atomic mass is 28.4. The first-order chi connectivity index (χ1) is 22.0. The molecule has 4 atom stereocenters. The van der Waals surface area contributed by atoms with Crippen molar-refractivity contribution in [2.75, 3.05) is 13.2 Å². The van der Waals surface area contributed by atoms with Gasteiger partial charge in [-0.1, -0.05) is 94.4 Å². The van der Waals surface area contributed by atoms with Crippen molar-refractivity contribution in [3.63, 3.8) is 0 Å². The van der Waals surface area contributed by atoms with Gasteiger partial charge >= 0.3 is 7.12 Å². The molecule has 2 aliphatic heterocycles. The number of allylic oxidation sites excluding steroid dienone is 1. The number of likely N-dealkylation sites (tertiary alicyclic amines) is 1. The van der Waals surface area contributed by atoms with Crippen LogP contribution in [-0.4, -0.2) is 55.4 Å². The van der Waals surface area contributed by atoms with Crippen molar-refractivity contribution >= 4 is 37.6 Å². The summed E-state index contributed by atoms with van der Waals surface area (Å²) in [7, 11) is -4.34. The van der Waals surface area contributed by atoms with Gasteiger partial charge in [0.15, 0.2) is 11.6 Å². The molecule has 0 saturated carbocycles. The third-order valence-electron chi connectivity index (χ3n) is 9.97. The van der Waals surface area contributed by atoms with Crippen LogP contribution in [0.4, 0.5) is 4.39 Å². The molecule has 3 aromatic rings. The quantitative estimate of drug-likeness (QED) is 0.268. The SMILES string of the molecule is CCCN1C(=O)[C@H]2[C@H](CC(CO[Si](c3ccccc3)(c3ccccc3)C(C)(C)C)=C3B(O)O[C@H](c4ccc(O)c(F)c4)C[C@H]32)C1=O. The van der Waals surface area contributed by atoms with Crippen LogP contribution in [0.5, 0.6) is 5.75 Å². The summed E-state index contributed by atoms with van der Waals surface area (Å²) in [5.41, 5.74) is 1.82. The predicted octanol–water partition coefficient (Wildman–Crippen LogP) is 4.92. The second-order valence-electron chi connectivity index (χ2n) is 13.7. The summed E-state index contributed by atoms with van der Waals surface area (Å²) >= 11 is 0. The molecule has 0 aromatic heterocycles. The van der Waals surface area contributed by atoms with Gasteiger partial charge in [-0.25, -0.2) is 4.39 Å². The summed E-state index contributed by atoms with van der Waals surface area (Å²) in [6, 6.07) is 24.5. The summed E-state index contributed by atoms with van der Waals surface area (Å²) in [5.74, 6) is -3.41. The lowest BCUT2D eigenvalue weighted by atomic mass is 9.55. The van der Waals surface area contributed by atoms with Crippen LogP contribution in [0.1, 0.15) is 58.6 Å². The molecule has 0 bridgehead atoms. The van der Waals surface area contributed by atoms with E-state index in [0.717, 1.165) is 15.9 Å². The monoisotopic (exact) mass is 641 g/mol. The molecule has 240 valence electrons. The van der Waals surface area contributed by atoms with Gasteiger partial charge in [0, 0.05) is 6.54 Å². The number of aromatic hydroxyl groups is 1. The van der Waals surface area contributed by atoms with Crippen molar-refractivity contribution < 1.29 is 33.2 Å². The molecular formula is C36H41BFNO6Si. The number of fused-ring (bicyclic) bond motifs is 3. The average Bonchev–Trinajstić information content (AvgIpc) is 3.27. The molecule has 1 aliphatic carbocycles. The average molecular weight is 642 g/mol. The number of phenolic OH excluding ortho intramolecular Hbond substituents is 1. The maximum atomic E-state index is 14.4. The fourth-order valence-corrected chi connectivity index (χ4v) is 12.5. The summed E-state index contributed by atoms with van der Waals surface area (Å²) in [6.07, 6.45) is 0.477. The first kappa shape index (κ1) is 32.4. The number of carbonyl (C=O) groups excluding carboxylic acids is 2. The van der Waals surface area contributed by atoms with Crippen molar-refractivity contribution in [1.82, 2.24) is 4.90 Å². The smallest absolute Gasteiger partial charge is 0.487 e. The van der Waals surface area contributed by atoms with E-state index in [0.29, 0.717) is 30.4 Å². The lowest BCUT2D eigenvalue weighted by Gasteiger charge is -2.45. The number of carbonyl (C=O) groups is 2. The van der Waals surface area contributed by atoms with Gasteiger partial charge in [0.05, 0.1) is 24.5 Å². The van der Waals surface area contributed by atoms with Crippen LogP contribution in [0.15, 0.2) is 89.9 Å². The molecule has 0 unspecified atom stereocenters. The Hall–Kier alpha value is -3.57. The van der Waals surface area contributed by atoms with Crippen LogP contribution in [0.25, 0.3) is 0 Å². The van der Waals surface area contributed by atoms with Gasteiger partial charge in [-0.05, 0) is 69.3 Å². The topological polar surface area (TPSA) is 96.3 Å². The molecule has 6 rings (SSSR count). The third kappa shape index (κ3) is 5.45. The van der Waals surface area contributed by atoms with Crippen LogP contribution in [0.3, 0.4) is 0 Å². The van der Waals surface area contributed by atoms with Gasteiger partial charge in [-0.15, -0.1) is 0 Å². The number of nitrogens with zero attached hydrogens (tertiary/aromatic N) is 1. The highest BCUT2D eigenvalue weighted by Gasteiger charge is 2.58. The zero-order valence-electron chi connectivity index (χ0n) is 26.8. The maximum Gasteiger partial charge on any atom is 0.487 e. The highest BCUT2D eigenvalue weighted by molar-refractivity contribution is 6.99. The highest BCUT2D eigenvalue weighted by Crippen LogP contribution is 2.52. The number of rotatable bonds is 8. The zero-order valence-corrected chi connectivity index (χ0v) is 27.8. The minimum Gasteiger partial charge on any atom is -0.505 e. The maximum absolute atomic E-state index is 14.4. The minimum absolute atomic E-state index is 0.163. The summed E-state index contributed by atoms with van der Waals surface area (Å²) in [5, 5.41) is 23.3. The van der Waals surface area contributed by atoms with Gasteiger partial charge in [0.1, 0.15) is 0 Å². The third-order valence-corrected chi connectivity index (χ3v) is 15.0. The Morgan fingerprint density at radius 1 is 0.978 bits per heavy atom. The number of halogens is 1. The van der Waals surface area contributed by atoms with E-state index in [9.17, 15) is 24.1 Å². The van der Waals surface area contributed by atoms with E-state index < -0.39 is 50.9 Å². The molecule has 2 N–H and O–H groups in total. The van der Waals surface area contributed by atoms with Crippen molar-refractivity contribution in [2.24, 2.45) is 17.8 Å². The Kier molecular flexibility index (Phi) is 8.84. The Balaban J connectivity index is 1.44. The molecule has 7 nitrogen and oxygen atoms in total. The summed E-state index contributed by atoms with van der Waals surface area (Å²) in [4.78, 5) is 28.9. The number of imide groups is 1. The van der Waals surface area contributed by atoms with Crippen LogP contribution in [-0.2, 0) is 18.7 Å². The molecule has 3 aromatic carbocycles. The summed E-state index contributed by atoms with van der Waals surface area (Å²) < 4.78 is 27.8. The lowest BCUT2D eigenvalue weighted by molar-refractivity contribution is -0.140. The van der Waals surface area contributed by atoms with E-state index in [1.807, 2.05) is 43.3 Å². The molecule has 2 saturated heterocycles. The number of phenols is 1. The standard InChI is InChI=1S/C36H41BFNO6Si/c1-5-18-39-34(41)28-19-24(22-44-46(36(2,3)4,25-12-8-6-9-13-25)26-14-10-7-11-15-26)33-27(32(28)35(39)42)21-31(45-37(33)43)23-16-17-30(40)29(38)20-23/h6-17,20,27-28,31-32,40,43H,5,18-19,21-22H2,1-4H3/t27-,28-,31-,32+/m0/s1. The first-order valence-electron chi connectivity index (χ1n) is 16.1. The van der Waals surface area contributed by atoms with E-state index in [4.69, 9.17) is 9.08 Å². The van der Waals surface area contributed by atoms with E-state index in [1.54, 1.807) is 6.07 Å². The Morgan fingerprint density at radius 2 is 1.61 bits per heavy atom. The molecule has 2 fully saturated rings. The predicted molar refractivity (Wildman–Crippen MR) is 177 cm³/mol. The van der Waals surface area contributed by atoms with Crippen LogP contribution < -0.4 is 10.4 Å². The fourth-order valence-electron chi connectivity index (χ4n) is 7.95. The molecule has 2 amide bonds. The van der Waals surface area contributed by atoms with E-state index >= 15 is 0 Å². The largest absolute Gasteiger partial charge is 0.505 e. The van der Waals surface area contributed by atoms with Crippen LogP contribution >= 0.6 is 0 Å². The van der Waals surface area contributed by atoms with Gasteiger partial charge in [-0.2, -0.15) is 0 Å². The molecule has 2 heterocycles. The van der Waals surface area contributed by atoms with Gasteiger partial charge in [0.2, 0.25) is 11.8 Å². The van der Waals surface area contributed by atoms with Crippen LogP contribution in [0.2, 0.25) is 5.04 Å². The van der Waals surface area contributed by atoms with Gasteiger partial charge in [-0.3, -0.25) is 14.5 Å². The summed E-state index contributed by atoms with van der Waals surface area (Å²) in [6.45, 7) is 9.02. The second kappa shape index (κ2) is 12.6. The number of hydrogen-bond acceptors (Lipinski definition) is 6. The van der Waals surface area contributed by atoms with Crippen molar-refractivity contribution in [2.45, 2.75) is 58.1 Å². The van der Waals surface area contributed by atoms with E-state index in [1.165, 1.54) is 17.0 Å².